The van der Waals surface area contributed by atoms with Crippen molar-refractivity contribution < 1.29 is 19.2 Å². The Hall–Kier alpha value is -1.69. The van der Waals surface area contributed by atoms with Crippen molar-refractivity contribution in [2.75, 3.05) is 13.2 Å². The highest BCUT2D eigenvalue weighted by Gasteiger charge is 2.16. The van der Waals surface area contributed by atoms with Crippen LogP contribution in [0.4, 0.5) is 10.1 Å². The first-order chi connectivity index (χ1) is 8.56. The molecular formula is C12H16FNO4. The van der Waals surface area contributed by atoms with Gasteiger partial charge in [0.25, 0.3) is 5.69 Å². The summed E-state index contributed by atoms with van der Waals surface area (Å²) in [5.74, 6) is -0.698. The van der Waals surface area contributed by atoms with E-state index in [-0.39, 0.29) is 18.0 Å². The Labute approximate surface area is 104 Å². The van der Waals surface area contributed by atoms with Crippen molar-refractivity contribution in [3.63, 3.8) is 0 Å². The van der Waals surface area contributed by atoms with Gasteiger partial charge in [-0.25, -0.2) is 4.39 Å². The second kappa shape index (κ2) is 6.90. The van der Waals surface area contributed by atoms with Crippen molar-refractivity contribution in [1.82, 2.24) is 0 Å². The molecule has 0 bridgehead atoms. The van der Waals surface area contributed by atoms with E-state index in [9.17, 15) is 14.5 Å². The number of nitro benzene ring substituents is 1. The highest BCUT2D eigenvalue weighted by Crippen LogP contribution is 2.27. The quantitative estimate of drug-likeness (QED) is 0.463. The van der Waals surface area contributed by atoms with Gasteiger partial charge in [0.15, 0.2) is 11.6 Å². The van der Waals surface area contributed by atoms with E-state index in [1.165, 1.54) is 13.0 Å². The second-order valence-corrected chi connectivity index (χ2v) is 3.96. The van der Waals surface area contributed by atoms with Gasteiger partial charge >= 0.3 is 0 Å². The van der Waals surface area contributed by atoms with Gasteiger partial charge in [0.05, 0.1) is 17.6 Å². The van der Waals surface area contributed by atoms with Gasteiger partial charge in [-0.15, -0.1) is 0 Å². The number of hydrogen-bond acceptors (Lipinski definition) is 4. The minimum atomic E-state index is -0.727. The summed E-state index contributed by atoms with van der Waals surface area (Å²) in [4.78, 5) is 9.97. The summed E-state index contributed by atoms with van der Waals surface area (Å²) in [5, 5.41) is 19.2. The van der Waals surface area contributed by atoms with Gasteiger partial charge in [-0.1, -0.05) is 0 Å². The Kier molecular flexibility index (Phi) is 5.51. The smallest absolute Gasteiger partial charge is 0.275 e. The molecule has 18 heavy (non-hydrogen) atoms. The predicted octanol–water partition coefficient (Wildman–Crippen LogP) is 2.58. The molecule has 0 aliphatic carbocycles. The molecular weight excluding hydrogens is 241 g/mol. The fourth-order valence-corrected chi connectivity index (χ4v) is 1.52. The maximum Gasteiger partial charge on any atom is 0.275 e. The number of aliphatic hydroxyl groups excluding tert-OH is 1. The van der Waals surface area contributed by atoms with E-state index in [0.717, 1.165) is 12.5 Å². The van der Waals surface area contributed by atoms with Crippen LogP contribution in [0.25, 0.3) is 0 Å². The Morgan fingerprint density at radius 3 is 2.72 bits per heavy atom. The number of ether oxygens (including phenoxy) is 1. The average Bonchev–Trinajstić information content (AvgIpc) is 2.32. The first-order valence-electron chi connectivity index (χ1n) is 5.74. The number of rotatable bonds is 7. The van der Waals surface area contributed by atoms with Gasteiger partial charge in [-0.05, 0) is 32.3 Å². The molecule has 0 unspecified atom stereocenters. The molecule has 6 heteroatoms. The molecule has 1 N–H and O–H groups in total. The van der Waals surface area contributed by atoms with Gasteiger partial charge in [-0.2, -0.15) is 0 Å². The molecule has 0 amide bonds. The summed E-state index contributed by atoms with van der Waals surface area (Å²) in [6.45, 7) is 2.00. The number of aliphatic hydroxyl groups is 1. The number of hydrogen-bond donors (Lipinski definition) is 1. The monoisotopic (exact) mass is 257 g/mol. The molecule has 1 rings (SSSR count). The molecule has 0 saturated heterocycles. The Balaban J connectivity index is 2.62. The lowest BCUT2D eigenvalue weighted by atomic mass is 10.2. The van der Waals surface area contributed by atoms with Crippen LogP contribution in [0.5, 0.6) is 5.75 Å². The summed E-state index contributed by atoms with van der Waals surface area (Å²) in [6.07, 6.45) is 2.19. The SMILES string of the molecule is Cc1cc(OCCCCCO)c(F)cc1[N+](=O)[O-]. The van der Waals surface area contributed by atoms with Crippen molar-refractivity contribution >= 4 is 5.69 Å². The van der Waals surface area contributed by atoms with Crippen molar-refractivity contribution in [1.29, 1.82) is 0 Å². The third-order valence-electron chi connectivity index (χ3n) is 2.51. The molecule has 0 aliphatic rings. The normalized spacial score (nSPS) is 10.4. The van der Waals surface area contributed by atoms with E-state index in [4.69, 9.17) is 9.84 Å². The summed E-state index contributed by atoms with van der Waals surface area (Å²) >= 11 is 0. The molecule has 0 radical (unpaired) electrons. The Morgan fingerprint density at radius 1 is 1.39 bits per heavy atom. The van der Waals surface area contributed by atoms with E-state index >= 15 is 0 Å². The lowest BCUT2D eigenvalue weighted by Gasteiger charge is -2.08. The summed E-state index contributed by atoms with van der Waals surface area (Å²) in [7, 11) is 0. The zero-order valence-electron chi connectivity index (χ0n) is 10.2. The van der Waals surface area contributed by atoms with Crippen molar-refractivity contribution in [3.05, 3.63) is 33.6 Å². The minimum Gasteiger partial charge on any atom is -0.491 e. The van der Waals surface area contributed by atoms with Crippen molar-refractivity contribution in [3.8, 4) is 5.75 Å². The van der Waals surface area contributed by atoms with Crippen LogP contribution in [-0.4, -0.2) is 23.2 Å². The minimum absolute atomic E-state index is 0.0297. The molecule has 0 aliphatic heterocycles. The third-order valence-corrected chi connectivity index (χ3v) is 2.51. The van der Waals surface area contributed by atoms with E-state index in [2.05, 4.69) is 0 Å². The fourth-order valence-electron chi connectivity index (χ4n) is 1.52. The summed E-state index contributed by atoms with van der Waals surface area (Å²) < 4.78 is 18.7. The zero-order valence-corrected chi connectivity index (χ0v) is 10.2. The van der Waals surface area contributed by atoms with E-state index in [1.807, 2.05) is 0 Å². The van der Waals surface area contributed by atoms with E-state index < -0.39 is 10.7 Å². The standard InChI is InChI=1S/C12H16FNO4/c1-9-7-12(18-6-4-2-3-5-15)10(13)8-11(9)14(16)17/h7-8,15H,2-6H2,1H3. The summed E-state index contributed by atoms with van der Waals surface area (Å²) in [6, 6.07) is 2.21. The molecule has 100 valence electrons. The van der Waals surface area contributed by atoms with Gasteiger partial charge < -0.3 is 9.84 Å². The first kappa shape index (κ1) is 14.4. The first-order valence-corrected chi connectivity index (χ1v) is 5.74. The zero-order chi connectivity index (χ0) is 13.5. The van der Waals surface area contributed by atoms with Gasteiger partial charge in [0.2, 0.25) is 0 Å². The lowest BCUT2D eigenvalue weighted by molar-refractivity contribution is -0.385. The van der Waals surface area contributed by atoms with Crippen LogP contribution in [0, 0.1) is 22.9 Å². The van der Waals surface area contributed by atoms with E-state index in [1.54, 1.807) is 0 Å². The Morgan fingerprint density at radius 2 is 2.11 bits per heavy atom. The van der Waals surface area contributed by atoms with Crippen LogP contribution in [-0.2, 0) is 0 Å². The molecule has 1 aromatic carbocycles. The fraction of sp³-hybridized carbons (Fsp3) is 0.500. The average molecular weight is 257 g/mol. The number of aryl methyl sites for hydroxylation is 1. The van der Waals surface area contributed by atoms with Crippen LogP contribution in [0.1, 0.15) is 24.8 Å². The summed E-state index contributed by atoms with van der Waals surface area (Å²) in [5.41, 5.74) is 0.117. The van der Waals surface area contributed by atoms with Gasteiger partial charge in [0, 0.05) is 12.2 Å². The molecule has 5 nitrogen and oxygen atoms in total. The van der Waals surface area contributed by atoms with E-state index in [0.29, 0.717) is 25.0 Å². The molecule has 0 atom stereocenters. The predicted molar refractivity (Wildman–Crippen MR) is 64.2 cm³/mol. The molecule has 0 fully saturated rings. The van der Waals surface area contributed by atoms with Crippen LogP contribution in [0.2, 0.25) is 0 Å². The maximum absolute atomic E-state index is 13.5. The molecule has 0 heterocycles. The number of nitro groups is 1. The molecule has 0 spiro atoms. The van der Waals surface area contributed by atoms with Gasteiger partial charge in [-0.3, -0.25) is 10.1 Å². The maximum atomic E-state index is 13.5. The molecule has 1 aromatic rings. The highest BCUT2D eigenvalue weighted by molar-refractivity contribution is 5.45. The van der Waals surface area contributed by atoms with Crippen LogP contribution in [0.3, 0.4) is 0 Å². The topological polar surface area (TPSA) is 72.6 Å². The van der Waals surface area contributed by atoms with Crippen LogP contribution >= 0.6 is 0 Å². The largest absolute Gasteiger partial charge is 0.491 e. The third kappa shape index (κ3) is 3.96. The number of nitrogens with zero attached hydrogens (tertiary/aromatic N) is 1. The van der Waals surface area contributed by atoms with Crippen molar-refractivity contribution in [2.24, 2.45) is 0 Å². The number of benzene rings is 1. The van der Waals surface area contributed by atoms with Gasteiger partial charge in [0.1, 0.15) is 0 Å². The van der Waals surface area contributed by atoms with Crippen molar-refractivity contribution in [2.45, 2.75) is 26.2 Å². The number of unbranched alkanes of at least 4 members (excludes halogenated alkanes) is 2. The second-order valence-electron chi connectivity index (χ2n) is 3.96. The number of halogens is 1. The highest BCUT2D eigenvalue weighted by atomic mass is 19.1. The molecule has 0 saturated carbocycles. The van der Waals surface area contributed by atoms with Crippen LogP contribution in [0.15, 0.2) is 12.1 Å². The van der Waals surface area contributed by atoms with Crippen LogP contribution < -0.4 is 4.74 Å². The Bertz CT molecular complexity index is 423. The lowest BCUT2D eigenvalue weighted by Crippen LogP contribution is -2.01. The molecule has 0 aromatic heterocycles.